The van der Waals surface area contributed by atoms with Gasteiger partial charge in [-0.05, 0) is 34.1 Å². The molecule has 1 aromatic carbocycles. The van der Waals surface area contributed by atoms with Crippen molar-refractivity contribution in [3.8, 4) is 11.3 Å². The average molecular weight is 278 g/mol. The lowest BCUT2D eigenvalue weighted by atomic mass is 10.0. The van der Waals surface area contributed by atoms with Crippen LogP contribution in [0.5, 0.6) is 0 Å². The third-order valence-electron chi connectivity index (χ3n) is 2.16. The molecule has 0 bridgehead atoms. The SMILES string of the molecule is O=C(O)c1ccccc1-c1ccc(Br)cn1. The molecular weight excluding hydrogens is 270 g/mol. The van der Waals surface area contributed by atoms with Gasteiger partial charge < -0.3 is 5.11 Å². The summed E-state index contributed by atoms with van der Waals surface area (Å²) < 4.78 is 0.865. The quantitative estimate of drug-likeness (QED) is 0.917. The molecule has 2 aromatic rings. The normalized spacial score (nSPS) is 10.1. The molecule has 2 rings (SSSR count). The topological polar surface area (TPSA) is 50.2 Å². The van der Waals surface area contributed by atoms with Crippen LogP contribution in [-0.4, -0.2) is 16.1 Å². The first-order valence-corrected chi connectivity index (χ1v) is 5.42. The Labute approximate surface area is 101 Å². The zero-order valence-electron chi connectivity index (χ0n) is 8.22. The van der Waals surface area contributed by atoms with Gasteiger partial charge in [0.2, 0.25) is 0 Å². The van der Waals surface area contributed by atoms with E-state index < -0.39 is 5.97 Å². The monoisotopic (exact) mass is 277 g/mol. The van der Waals surface area contributed by atoms with Crippen LogP contribution in [0.1, 0.15) is 10.4 Å². The third kappa shape index (κ3) is 2.12. The number of aromatic nitrogens is 1. The first-order chi connectivity index (χ1) is 7.68. The lowest BCUT2D eigenvalue weighted by Gasteiger charge is -2.04. The first kappa shape index (κ1) is 10.8. The van der Waals surface area contributed by atoms with Crippen molar-refractivity contribution in [1.29, 1.82) is 0 Å². The summed E-state index contributed by atoms with van der Waals surface area (Å²) in [6.45, 7) is 0. The molecule has 0 saturated carbocycles. The van der Waals surface area contributed by atoms with Gasteiger partial charge in [-0.25, -0.2) is 4.79 Å². The summed E-state index contributed by atoms with van der Waals surface area (Å²) in [7, 11) is 0. The van der Waals surface area contributed by atoms with E-state index in [0.29, 0.717) is 11.3 Å². The summed E-state index contributed by atoms with van der Waals surface area (Å²) in [4.78, 5) is 15.2. The summed E-state index contributed by atoms with van der Waals surface area (Å²) in [5.41, 5.74) is 1.54. The Morgan fingerprint density at radius 3 is 2.56 bits per heavy atom. The molecule has 4 heteroatoms. The molecule has 0 radical (unpaired) electrons. The third-order valence-corrected chi connectivity index (χ3v) is 2.63. The van der Waals surface area contributed by atoms with Crippen molar-refractivity contribution in [1.82, 2.24) is 4.98 Å². The van der Waals surface area contributed by atoms with Crippen LogP contribution in [0.2, 0.25) is 0 Å². The number of carbonyl (C=O) groups is 1. The molecule has 0 unspecified atom stereocenters. The Morgan fingerprint density at radius 1 is 1.19 bits per heavy atom. The van der Waals surface area contributed by atoms with Gasteiger partial charge >= 0.3 is 5.97 Å². The highest BCUT2D eigenvalue weighted by Gasteiger charge is 2.11. The molecular formula is C12H8BrNO2. The number of rotatable bonds is 2. The average Bonchev–Trinajstić information content (AvgIpc) is 2.30. The lowest BCUT2D eigenvalue weighted by Crippen LogP contribution is -1.99. The van der Waals surface area contributed by atoms with Crippen molar-refractivity contribution in [2.75, 3.05) is 0 Å². The van der Waals surface area contributed by atoms with E-state index in [9.17, 15) is 4.79 Å². The maximum atomic E-state index is 11.0. The molecule has 0 amide bonds. The number of aromatic carboxylic acids is 1. The van der Waals surface area contributed by atoms with Crippen LogP contribution in [0.3, 0.4) is 0 Å². The second kappa shape index (κ2) is 4.45. The van der Waals surface area contributed by atoms with E-state index in [4.69, 9.17) is 5.11 Å². The van der Waals surface area contributed by atoms with Crippen LogP contribution in [-0.2, 0) is 0 Å². The molecule has 1 heterocycles. The Morgan fingerprint density at radius 2 is 1.94 bits per heavy atom. The van der Waals surface area contributed by atoms with Gasteiger partial charge in [0, 0.05) is 16.2 Å². The highest BCUT2D eigenvalue weighted by atomic mass is 79.9. The van der Waals surface area contributed by atoms with E-state index >= 15 is 0 Å². The van der Waals surface area contributed by atoms with Gasteiger partial charge in [0.15, 0.2) is 0 Å². The molecule has 0 aliphatic rings. The highest BCUT2D eigenvalue weighted by molar-refractivity contribution is 9.10. The molecule has 0 atom stereocenters. The molecule has 3 nitrogen and oxygen atoms in total. The number of pyridine rings is 1. The Bertz CT molecular complexity index is 523. The second-order valence-electron chi connectivity index (χ2n) is 3.21. The molecule has 1 aromatic heterocycles. The van der Waals surface area contributed by atoms with E-state index in [1.54, 1.807) is 36.5 Å². The van der Waals surface area contributed by atoms with Gasteiger partial charge in [-0.3, -0.25) is 4.98 Å². The number of nitrogens with zero attached hydrogens (tertiary/aromatic N) is 1. The summed E-state index contributed by atoms with van der Waals surface area (Å²) in [6.07, 6.45) is 1.65. The Balaban J connectivity index is 2.55. The fraction of sp³-hybridized carbons (Fsp3) is 0. The number of hydrogen-bond donors (Lipinski definition) is 1. The second-order valence-corrected chi connectivity index (χ2v) is 4.13. The van der Waals surface area contributed by atoms with Crippen LogP contribution in [0.15, 0.2) is 47.1 Å². The smallest absolute Gasteiger partial charge is 0.336 e. The number of benzene rings is 1. The zero-order chi connectivity index (χ0) is 11.5. The molecule has 80 valence electrons. The van der Waals surface area contributed by atoms with Crippen LogP contribution in [0.25, 0.3) is 11.3 Å². The van der Waals surface area contributed by atoms with Crippen molar-refractivity contribution in [3.63, 3.8) is 0 Å². The number of carboxylic acids is 1. The molecule has 0 aliphatic heterocycles. The molecule has 0 saturated heterocycles. The molecule has 0 fully saturated rings. The number of hydrogen-bond acceptors (Lipinski definition) is 2. The summed E-state index contributed by atoms with van der Waals surface area (Å²) in [5, 5.41) is 9.04. The maximum Gasteiger partial charge on any atom is 0.336 e. The minimum absolute atomic E-state index is 0.261. The lowest BCUT2D eigenvalue weighted by molar-refractivity contribution is 0.0697. The van der Waals surface area contributed by atoms with Crippen LogP contribution in [0.4, 0.5) is 0 Å². The van der Waals surface area contributed by atoms with Crippen LogP contribution < -0.4 is 0 Å². The molecule has 16 heavy (non-hydrogen) atoms. The summed E-state index contributed by atoms with van der Waals surface area (Å²) >= 11 is 3.29. The molecule has 0 spiro atoms. The first-order valence-electron chi connectivity index (χ1n) is 4.63. The fourth-order valence-corrected chi connectivity index (χ4v) is 1.66. The van der Waals surface area contributed by atoms with Crippen molar-refractivity contribution < 1.29 is 9.90 Å². The van der Waals surface area contributed by atoms with Crippen molar-refractivity contribution in [3.05, 3.63) is 52.6 Å². The Kier molecular flexibility index (Phi) is 3.01. The zero-order valence-corrected chi connectivity index (χ0v) is 9.81. The fourth-order valence-electron chi connectivity index (χ4n) is 1.43. The van der Waals surface area contributed by atoms with Gasteiger partial charge in [-0.1, -0.05) is 18.2 Å². The largest absolute Gasteiger partial charge is 0.478 e. The van der Waals surface area contributed by atoms with Crippen LogP contribution >= 0.6 is 15.9 Å². The van der Waals surface area contributed by atoms with E-state index in [0.717, 1.165) is 4.47 Å². The van der Waals surface area contributed by atoms with Crippen molar-refractivity contribution in [2.24, 2.45) is 0 Å². The van der Waals surface area contributed by atoms with E-state index in [1.165, 1.54) is 0 Å². The predicted octanol–water partition coefficient (Wildman–Crippen LogP) is 3.21. The van der Waals surface area contributed by atoms with E-state index in [2.05, 4.69) is 20.9 Å². The van der Waals surface area contributed by atoms with Gasteiger partial charge in [0.25, 0.3) is 0 Å². The Hall–Kier alpha value is -1.68. The van der Waals surface area contributed by atoms with E-state index in [1.807, 2.05) is 6.07 Å². The summed E-state index contributed by atoms with van der Waals surface area (Å²) in [6, 6.07) is 10.4. The van der Waals surface area contributed by atoms with Gasteiger partial charge in [-0.2, -0.15) is 0 Å². The molecule has 1 N–H and O–H groups in total. The van der Waals surface area contributed by atoms with Crippen molar-refractivity contribution >= 4 is 21.9 Å². The van der Waals surface area contributed by atoms with Crippen LogP contribution in [0, 0.1) is 0 Å². The number of halogens is 1. The predicted molar refractivity (Wildman–Crippen MR) is 64.3 cm³/mol. The van der Waals surface area contributed by atoms with Gasteiger partial charge in [0.1, 0.15) is 0 Å². The molecule has 0 aliphatic carbocycles. The minimum Gasteiger partial charge on any atom is -0.478 e. The standard InChI is InChI=1S/C12H8BrNO2/c13-8-5-6-11(14-7-8)9-3-1-2-4-10(9)12(15)16/h1-7H,(H,15,16). The van der Waals surface area contributed by atoms with Crippen molar-refractivity contribution in [2.45, 2.75) is 0 Å². The van der Waals surface area contributed by atoms with E-state index in [-0.39, 0.29) is 5.56 Å². The maximum absolute atomic E-state index is 11.0. The van der Waals surface area contributed by atoms with Gasteiger partial charge in [0.05, 0.1) is 11.3 Å². The highest BCUT2D eigenvalue weighted by Crippen LogP contribution is 2.22. The number of carboxylic acid groups (broad SMARTS) is 1. The van der Waals surface area contributed by atoms with Gasteiger partial charge in [-0.15, -0.1) is 0 Å². The summed E-state index contributed by atoms with van der Waals surface area (Å²) in [5.74, 6) is -0.944. The minimum atomic E-state index is -0.944.